The molecule has 0 saturated heterocycles. The zero-order chi connectivity index (χ0) is 19.1. The Morgan fingerprint density at radius 1 is 1.35 bits per heavy atom. The van der Waals surface area contributed by atoms with Crippen molar-refractivity contribution in [1.82, 2.24) is 4.98 Å². The van der Waals surface area contributed by atoms with Crippen LogP contribution < -0.4 is 5.32 Å². The molecule has 0 spiro atoms. The number of esters is 1. The second kappa shape index (κ2) is 9.73. The summed E-state index contributed by atoms with van der Waals surface area (Å²) in [6.45, 7) is 8.36. The number of carbonyl (C=O) groups is 2. The first-order valence-corrected chi connectivity index (χ1v) is 10.4. The number of nitrogens with one attached hydrogen (secondary N) is 1. The molecule has 5 nitrogen and oxygen atoms in total. The molecule has 1 amide bonds. The van der Waals surface area contributed by atoms with Gasteiger partial charge in [0.15, 0.2) is 4.34 Å². The lowest BCUT2D eigenvalue weighted by atomic mass is 9.98. The van der Waals surface area contributed by atoms with Crippen LogP contribution in [0.4, 0.5) is 5.69 Å². The molecule has 0 saturated carbocycles. The van der Waals surface area contributed by atoms with Gasteiger partial charge >= 0.3 is 5.97 Å². The molecule has 0 aliphatic carbocycles. The van der Waals surface area contributed by atoms with Gasteiger partial charge in [0.25, 0.3) is 0 Å². The van der Waals surface area contributed by atoms with Crippen LogP contribution in [0.15, 0.2) is 27.9 Å². The number of nitrogens with zero attached hydrogens (tertiary/aromatic N) is 1. The molecule has 2 aromatic rings. The van der Waals surface area contributed by atoms with E-state index in [4.69, 9.17) is 4.74 Å². The number of benzene rings is 1. The average Bonchev–Trinajstić information content (AvgIpc) is 3.02. The number of rotatable bonds is 8. The lowest BCUT2D eigenvalue weighted by Crippen LogP contribution is -2.16. The predicted octanol–water partition coefficient (Wildman–Crippen LogP) is 4.41. The minimum absolute atomic E-state index is 0.0617. The van der Waals surface area contributed by atoms with Gasteiger partial charge in [-0.3, -0.25) is 9.59 Å². The molecular formula is C19H24N2O3S2. The molecule has 140 valence electrons. The molecule has 7 heteroatoms. The minimum Gasteiger partial charge on any atom is -0.466 e. The maximum absolute atomic E-state index is 12.4. The van der Waals surface area contributed by atoms with Gasteiger partial charge in [-0.15, -0.1) is 11.3 Å². The molecule has 1 aromatic carbocycles. The molecule has 0 radical (unpaired) electrons. The largest absolute Gasteiger partial charge is 0.466 e. The van der Waals surface area contributed by atoms with Crippen molar-refractivity contribution in [2.24, 2.45) is 0 Å². The molecule has 0 aliphatic rings. The second-order valence-electron chi connectivity index (χ2n) is 6.12. The lowest BCUT2D eigenvalue weighted by Gasteiger charge is -2.16. The van der Waals surface area contributed by atoms with Crippen molar-refractivity contribution in [2.45, 2.75) is 44.4 Å². The topological polar surface area (TPSA) is 68.3 Å². The monoisotopic (exact) mass is 392 g/mol. The fourth-order valence-corrected chi connectivity index (χ4v) is 4.09. The van der Waals surface area contributed by atoms with E-state index in [1.807, 2.05) is 30.5 Å². The number of anilines is 1. The molecule has 1 aromatic heterocycles. The summed E-state index contributed by atoms with van der Waals surface area (Å²) >= 11 is 2.81. The van der Waals surface area contributed by atoms with E-state index in [2.05, 4.69) is 24.1 Å². The van der Waals surface area contributed by atoms with E-state index in [-0.39, 0.29) is 24.1 Å². The van der Waals surface area contributed by atoms with Crippen molar-refractivity contribution in [2.75, 3.05) is 17.7 Å². The number of amides is 1. The molecule has 1 N–H and O–H groups in total. The smallest absolute Gasteiger partial charge is 0.311 e. The highest BCUT2D eigenvalue weighted by Crippen LogP contribution is 2.28. The Morgan fingerprint density at radius 3 is 2.81 bits per heavy atom. The van der Waals surface area contributed by atoms with Crippen molar-refractivity contribution in [1.29, 1.82) is 0 Å². The van der Waals surface area contributed by atoms with Crippen molar-refractivity contribution >= 4 is 40.7 Å². The summed E-state index contributed by atoms with van der Waals surface area (Å²) in [4.78, 5) is 28.2. The van der Waals surface area contributed by atoms with Crippen LogP contribution in [0.25, 0.3) is 0 Å². The molecule has 2 rings (SSSR count). The summed E-state index contributed by atoms with van der Waals surface area (Å²) in [6.07, 6.45) is 0.165. The third-order valence-electron chi connectivity index (χ3n) is 3.68. The number of aromatic nitrogens is 1. The third kappa shape index (κ3) is 5.85. The minimum atomic E-state index is -0.284. The summed E-state index contributed by atoms with van der Waals surface area (Å²) in [6, 6.07) is 6.05. The fraction of sp³-hybridized carbons (Fsp3) is 0.421. The average molecular weight is 393 g/mol. The zero-order valence-corrected chi connectivity index (χ0v) is 17.1. The van der Waals surface area contributed by atoms with E-state index in [9.17, 15) is 9.59 Å². The third-order valence-corrected chi connectivity index (χ3v) is 5.75. The van der Waals surface area contributed by atoms with E-state index in [1.165, 1.54) is 23.1 Å². The number of thioether (sulfide) groups is 1. The van der Waals surface area contributed by atoms with E-state index < -0.39 is 0 Å². The molecule has 26 heavy (non-hydrogen) atoms. The highest BCUT2D eigenvalue weighted by Gasteiger charge is 2.14. The lowest BCUT2D eigenvalue weighted by molar-refractivity contribution is -0.142. The van der Waals surface area contributed by atoms with Crippen LogP contribution in [0.5, 0.6) is 0 Å². The first kappa shape index (κ1) is 20.5. The van der Waals surface area contributed by atoms with E-state index >= 15 is 0 Å². The Morgan fingerprint density at radius 2 is 2.12 bits per heavy atom. The van der Waals surface area contributed by atoms with Crippen LogP contribution in [-0.4, -0.2) is 29.2 Å². The molecule has 0 unspecified atom stereocenters. The summed E-state index contributed by atoms with van der Waals surface area (Å²) in [7, 11) is 0. The van der Waals surface area contributed by atoms with Gasteiger partial charge in [0, 0.05) is 11.1 Å². The molecule has 0 atom stereocenters. The van der Waals surface area contributed by atoms with Crippen LogP contribution in [0.2, 0.25) is 0 Å². The molecular weight excluding hydrogens is 368 g/mol. The second-order valence-corrected chi connectivity index (χ2v) is 8.20. The Balaban J connectivity index is 1.92. The van der Waals surface area contributed by atoms with Crippen molar-refractivity contribution in [3.05, 3.63) is 40.4 Å². The van der Waals surface area contributed by atoms with Gasteiger partial charge in [0.2, 0.25) is 5.91 Å². The zero-order valence-electron chi connectivity index (χ0n) is 15.5. The van der Waals surface area contributed by atoms with Crippen LogP contribution in [0.3, 0.4) is 0 Å². The highest BCUT2D eigenvalue weighted by atomic mass is 32.2. The molecule has 0 bridgehead atoms. The number of ether oxygens (including phenoxy) is 1. The number of carbonyl (C=O) groups excluding carboxylic acids is 2. The Labute approximate surface area is 162 Å². The van der Waals surface area contributed by atoms with Crippen molar-refractivity contribution < 1.29 is 14.3 Å². The summed E-state index contributed by atoms with van der Waals surface area (Å²) in [5.41, 5.74) is 3.77. The maximum Gasteiger partial charge on any atom is 0.311 e. The number of hydrogen-bond acceptors (Lipinski definition) is 6. The van der Waals surface area contributed by atoms with E-state index in [0.717, 1.165) is 21.2 Å². The summed E-state index contributed by atoms with van der Waals surface area (Å²) in [5, 5.41) is 4.86. The number of thiazole rings is 1. The van der Waals surface area contributed by atoms with E-state index in [0.29, 0.717) is 18.2 Å². The Kier molecular flexibility index (Phi) is 7.66. The molecule has 0 aliphatic heterocycles. The fourth-order valence-electron chi connectivity index (χ4n) is 2.44. The number of aryl methyl sites for hydroxylation is 1. The Hall–Kier alpha value is -1.86. The van der Waals surface area contributed by atoms with Gasteiger partial charge in [-0.05, 0) is 30.9 Å². The van der Waals surface area contributed by atoms with Crippen LogP contribution in [0.1, 0.15) is 43.5 Å². The van der Waals surface area contributed by atoms with Gasteiger partial charge in [-0.1, -0.05) is 43.8 Å². The van der Waals surface area contributed by atoms with Gasteiger partial charge in [0.1, 0.15) is 0 Å². The first-order chi connectivity index (χ1) is 12.4. The SMILES string of the molecule is CCOC(=O)Cc1csc(SCC(=O)Nc2c(C)cccc2C(C)C)n1. The van der Waals surface area contributed by atoms with E-state index in [1.54, 1.807) is 6.92 Å². The molecule has 0 fully saturated rings. The van der Waals surface area contributed by atoms with Gasteiger partial charge in [0.05, 0.1) is 24.5 Å². The summed E-state index contributed by atoms with van der Waals surface area (Å²) < 4.78 is 5.69. The highest BCUT2D eigenvalue weighted by molar-refractivity contribution is 8.01. The van der Waals surface area contributed by atoms with Gasteiger partial charge in [-0.25, -0.2) is 4.98 Å². The quantitative estimate of drug-likeness (QED) is 0.532. The predicted molar refractivity (Wildman–Crippen MR) is 107 cm³/mol. The number of hydrogen-bond donors (Lipinski definition) is 1. The first-order valence-electron chi connectivity index (χ1n) is 8.52. The van der Waals surface area contributed by atoms with Crippen LogP contribution in [0, 0.1) is 6.92 Å². The van der Waals surface area contributed by atoms with Gasteiger partial charge in [-0.2, -0.15) is 0 Å². The standard InChI is InChI=1S/C19H24N2O3S2/c1-5-24-17(23)9-14-10-25-19(20-14)26-11-16(22)21-18-13(4)7-6-8-15(18)12(2)3/h6-8,10,12H,5,9,11H2,1-4H3,(H,21,22). The Bertz CT molecular complexity index is 772. The maximum atomic E-state index is 12.4. The van der Waals surface area contributed by atoms with Gasteiger partial charge < -0.3 is 10.1 Å². The molecule has 1 heterocycles. The summed E-state index contributed by atoms with van der Waals surface area (Å²) in [5.74, 6) is 0.265. The number of para-hydroxylation sites is 1. The van der Waals surface area contributed by atoms with Crippen LogP contribution >= 0.6 is 23.1 Å². The normalized spacial score (nSPS) is 10.8. The van der Waals surface area contributed by atoms with Crippen molar-refractivity contribution in [3.8, 4) is 0 Å². The van der Waals surface area contributed by atoms with Crippen molar-refractivity contribution in [3.63, 3.8) is 0 Å². The van der Waals surface area contributed by atoms with Crippen LogP contribution in [-0.2, 0) is 20.7 Å².